The highest BCUT2D eigenvalue weighted by molar-refractivity contribution is 5.80. The van der Waals surface area contributed by atoms with Crippen molar-refractivity contribution in [2.45, 2.75) is 58.9 Å². The number of nitrogens with zero attached hydrogens (tertiary/aromatic N) is 3. The van der Waals surface area contributed by atoms with Crippen molar-refractivity contribution in [2.24, 2.45) is 10.7 Å². The highest BCUT2D eigenvalue weighted by Gasteiger charge is 2.25. The molecule has 0 bridgehead atoms. The van der Waals surface area contributed by atoms with E-state index < -0.39 is 0 Å². The predicted octanol–water partition coefficient (Wildman–Crippen LogP) is 2.30. The zero-order valence-corrected chi connectivity index (χ0v) is 13.1. The lowest BCUT2D eigenvalue weighted by Gasteiger charge is -2.29. The summed E-state index contributed by atoms with van der Waals surface area (Å²) in [6.07, 6.45) is 6.54. The first kappa shape index (κ1) is 16.3. The third kappa shape index (κ3) is 5.39. The first-order valence-electron chi connectivity index (χ1n) is 8.01. The maximum atomic E-state index is 6.03. The van der Waals surface area contributed by atoms with Crippen molar-refractivity contribution < 1.29 is 0 Å². The summed E-state index contributed by atoms with van der Waals surface area (Å²) in [5.74, 6) is 0.757. The van der Waals surface area contributed by atoms with Gasteiger partial charge in [0.1, 0.15) is 0 Å². The van der Waals surface area contributed by atoms with Gasteiger partial charge >= 0.3 is 0 Å². The van der Waals surface area contributed by atoms with Crippen molar-refractivity contribution >= 4 is 5.96 Å². The van der Waals surface area contributed by atoms with Gasteiger partial charge in [-0.2, -0.15) is 0 Å². The Bertz CT molecular complexity index is 261. The fourth-order valence-electron chi connectivity index (χ4n) is 2.72. The van der Waals surface area contributed by atoms with Crippen LogP contribution in [0.25, 0.3) is 0 Å². The molecule has 4 nitrogen and oxygen atoms in total. The van der Waals surface area contributed by atoms with Crippen LogP contribution in [0.4, 0.5) is 0 Å². The van der Waals surface area contributed by atoms with Crippen molar-refractivity contribution in [1.29, 1.82) is 0 Å². The number of hydrogen-bond acceptors (Lipinski definition) is 4. The summed E-state index contributed by atoms with van der Waals surface area (Å²) in [6, 6.07) is 0.549. The third-order valence-corrected chi connectivity index (χ3v) is 4.14. The Hall–Kier alpha value is -0.770. The first-order valence-corrected chi connectivity index (χ1v) is 8.01. The number of nitrogens with two attached hydrogens (primary N) is 1. The standard InChI is InChI=1S/C15H32N4/c1-4-7-8-9-10-14-13-17-15(16)19(14)12-11-18(5-2)6-3/h14H,4-13H2,1-3H3,(H2,16,17). The highest BCUT2D eigenvalue weighted by atomic mass is 15.3. The number of aliphatic imine (C=N–C) groups is 1. The molecule has 1 atom stereocenters. The lowest BCUT2D eigenvalue weighted by Crippen LogP contribution is -2.45. The second-order valence-electron chi connectivity index (χ2n) is 5.42. The molecule has 0 radical (unpaired) electrons. The second-order valence-corrected chi connectivity index (χ2v) is 5.42. The van der Waals surface area contributed by atoms with Crippen LogP contribution in [0.1, 0.15) is 52.9 Å². The van der Waals surface area contributed by atoms with Crippen molar-refractivity contribution in [2.75, 3.05) is 32.7 Å². The summed E-state index contributed by atoms with van der Waals surface area (Å²) in [7, 11) is 0. The first-order chi connectivity index (χ1) is 9.22. The van der Waals surface area contributed by atoms with E-state index in [1.807, 2.05) is 0 Å². The Kier molecular flexibility index (Phi) is 7.87. The van der Waals surface area contributed by atoms with E-state index in [-0.39, 0.29) is 0 Å². The van der Waals surface area contributed by atoms with Gasteiger partial charge in [0.05, 0.1) is 12.6 Å². The number of hydrogen-bond donors (Lipinski definition) is 1. The Labute approximate surface area is 119 Å². The molecule has 0 saturated heterocycles. The molecule has 0 aromatic heterocycles. The third-order valence-electron chi connectivity index (χ3n) is 4.14. The molecule has 1 rings (SSSR count). The molecule has 0 amide bonds. The van der Waals surface area contributed by atoms with Gasteiger partial charge in [-0.1, -0.05) is 46.5 Å². The molecule has 0 aromatic carbocycles. The van der Waals surface area contributed by atoms with Gasteiger partial charge in [0.2, 0.25) is 0 Å². The fraction of sp³-hybridized carbons (Fsp3) is 0.933. The Morgan fingerprint density at radius 1 is 1.21 bits per heavy atom. The SMILES string of the molecule is CCCCCCC1CN=C(N)N1CCN(CC)CC. The van der Waals surface area contributed by atoms with Crippen LogP contribution in [-0.2, 0) is 0 Å². The highest BCUT2D eigenvalue weighted by Crippen LogP contribution is 2.16. The summed E-state index contributed by atoms with van der Waals surface area (Å²) in [5.41, 5.74) is 6.03. The Morgan fingerprint density at radius 3 is 2.58 bits per heavy atom. The van der Waals surface area contributed by atoms with Crippen LogP contribution in [0, 0.1) is 0 Å². The normalized spacial score (nSPS) is 19.3. The maximum absolute atomic E-state index is 6.03. The summed E-state index contributed by atoms with van der Waals surface area (Å²) in [4.78, 5) is 9.20. The van der Waals surface area contributed by atoms with Crippen LogP contribution < -0.4 is 5.73 Å². The topological polar surface area (TPSA) is 44.9 Å². The van der Waals surface area contributed by atoms with E-state index >= 15 is 0 Å². The van der Waals surface area contributed by atoms with E-state index in [9.17, 15) is 0 Å². The molecule has 1 unspecified atom stereocenters. The van der Waals surface area contributed by atoms with Crippen LogP contribution in [-0.4, -0.2) is 54.5 Å². The van der Waals surface area contributed by atoms with E-state index in [0.29, 0.717) is 6.04 Å². The smallest absolute Gasteiger partial charge is 0.191 e. The van der Waals surface area contributed by atoms with Gasteiger partial charge in [-0.05, 0) is 19.5 Å². The van der Waals surface area contributed by atoms with Crippen molar-refractivity contribution in [3.05, 3.63) is 0 Å². The molecule has 1 aliphatic rings. The fourth-order valence-corrected chi connectivity index (χ4v) is 2.72. The quantitative estimate of drug-likeness (QED) is 0.618. The Balaban J connectivity index is 2.32. The van der Waals surface area contributed by atoms with Gasteiger partial charge in [-0.25, -0.2) is 0 Å². The van der Waals surface area contributed by atoms with E-state index in [2.05, 4.69) is 35.6 Å². The van der Waals surface area contributed by atoms with Gasteiger partial charge in [0, 0.05) is 13.1 Å². The molecule has 19 heavy (non-hydrogen) atoms. The van der Waals surface area contributed by atoms with E-state index in [0.717, 1.165) is 38.7 Å². The van der Waals surface area contributed by atoms with Crippen molar-refractivity contribution in [3.63, 3.8) is 0 Å². The van der Waals surface area contributed by atoms with E-state index in [4.69, 9.17) is 5.73 Å². The molecule has 0 aliphatic carbocycles. The molecular formula is C15H32N4. The second kappa shape index (κ2) is 9.18. The average Bonchev–Trinajstić information content (AvgIpc) is 2.77. The lowest BCUT2D eigenvalue weighted by atomic mass is 10.1. The van der Waals surface area contributed by atoms with Crippen LogP contribution in [0.15, 0.2) is 4.99 Å². The molecule has 4 heteroatoms. The van der Waals surface area contributed by atoms with Crippen LogP contribution >= 0.6 is 0 Å². The number of unbranched alkanes of at least 4 members (excludes halogenated alkanes) is 3. The van der Waals surface area contributed by atoms with E-state index in [1.54, 1.807) is 0 Å². The number of guanidine groups is 1. The summed E-state index contributed by atoms with van der Waals surface area (Å²) < 4.78 is 0. The average molecular weight is 268 g/mol. The minimum absolute atomic E-state index is 0.549. The number of likely N-dealkylation sites (N-methyl/N-ethyl adjacent to an activating group) is 1. The van der Waals surface area contributed by atoms with Crippen LogP contribution in [0.3, 0.4) is 0 Å². The van der Waals surface area contributed by atoms with Crippen LogP contribution in [0.5, 0.6) is 0 Å². The Morgan fingerprint density at radius 2 is 1.95 bits per heavy atom. The molecule has 1 heterocycles. The minimum Gasteiger partial charge on any atom is -0.370 e. The van der Waals surface area contributed by atoms with Gasteiger partial charge < -0.3 is 15.5 Å². The van der Waals surface area contributed by atoms with Gasteiger partial charge in [0.15, 0.2) is 5.96 Å². The zero-order chi connectivity index (χ0) is 14.1. The van der Waals surface area contributed by atoms with E-state index in [1.165, 1.54) is 32.1 Å². The number of rotatable bonds is 10. The molecular weight excluding hydrogens is 236 g/mol. The van der Waals surface area contributed by atoms with Gasteiger partial charge in [-0.15, -0.1) is 0 Å². The minimum atomic E-state index is 0.549. The molecule has 112 valence electrons. The van der Waals surface area contributed by atoms with Crippen molar-refractivity contribution in [3.8, 4) is 0 Å². The summed E-state index contributed by atoms with van der Waals surface area (Å²) >= 11 is 0. The summed E-state index contributed by atoms with van der Waals surface area (Å²) in [5, 5.41) is 0. The zero-order valence-electron chi connectivity index (χ0n) is 13.1. The largest absolute Gasteiger partial charge is 0.370 e. The molecule has 0 saturated carbocycles. The molecule has 0 spiro atoms. The lowest BCUT2D eigenvalue weighted by molar-refractivity contribution is 0.240. The molecule has 1 aliphatic heterocycles. The molecule has 0 fully saturated rings. The monoisotopic (exact) mass is 268 g/mol. The maximum Gasteiger partial charge on any atom is 0.191 e. The molecule has 2 N–H and O–H groups in total. The van der Waals surface area contributed by atoms with Crippen LogP contribution in [0.2, 0.25) is 0 Å². The predicted molar refractivity (Wildman–Crippen MR) is 83.5 cm³/mol. The molecule has 0 aromatic rings. The van der Waals surface area contributed by atoms with Gasteiger partial charge in [0.25, 0.3) is 0 Å². The summed E-state index contributed by atoms with van der Waals surface area (Å²) in [6.45, 7) is 11.9. The van der Waals surface area contributed by atoms with Gasteiger partial charge in [-0.3, -0.25) is 4.99 Å². The van der Waals surface area contributed by atoms with Crippen molar-refractivity contribution in [1.82, 2.24) is 9.80 Å².